The van der Waals surface area contributed by atoms with E-state index in [-0.39, 0.29) is 17.9 Å². The second-order valence-corrected chi connectivity index (χ2v) is 3.60. The van der Waals surface area contributed by atoms with E-state index in [4.69, 9.17) is 0 Å². The van der Waals surface area contributed by atoms with Gasteiger partial charge >= 0.3 is 0 Å². The van der Waals surface area contributed by atoms with E-state index in [1.54, 1.807) is 23.9 Å². The van der Waals surface area contributed by atoms with E-state index in [0.29, 0.717) is 0 Å². The molecule has 0 spiro atoms. The fourth-order valence-corrected chi connectivity index (χ4v) is 1.70. The molecule has 4 nitrogen and oxygen atoms in total. The summed E-state index contributed by atoms with van der Waals surface area (Å²) in [6.45, 7) is 6.24. The van der Waals surface area contributed by atoms with E-state index in [0.717, 1.165) is 19.4 Å². The molecule has 0 aliphatic carbocycles. The molecule has 0 radical (unpaired) electrons. The number of likely N-dealkylation sites (tertiary alicyclic amines) is 1. The summed E-state index contributed by atoms with van der Waals surface area (Å²) in [6, 6.07) is -0.215. The van der Waals surface area contributed by atoms with Gasteiger partial charge in [0.2, 0.25) is 11.8 Å². The second-order valence-electron chi connectivity index (χ2n) is 3.60. The largest absolute Gasteiger partial charge is 0.347 e. The van der Waals surface area contributed by atoms with Gasteiger partial charge in [0.15, 0.2) is 0 Å². The Labute approximate surface area is 92.2 Å². The summed E-state index contributed by atoms with van der Waals surface area (Å²) in [7, 11) is 3.44. The molecule has 2 amide bonds. The molecular weight excluding hydrogens is 192 g/mol. The van der Waals surface area contributed by atoms with Crippen molar-refractivity contribution in [2.75, 3.05) is 20.6 Å². The van der Waals surface area contributed by atoms with Crippen LogP contribution in [-0.2, 0) is 9.59 Å². The van der Waals surface area contributed by atoms with Gasteiger partial charge in [0.1, 0.15) is 6.04 Å². The van der Waals surface area contributed by atoms with Crippen molar-refractivity contribution < 1.29 is 9.59 Å². The van der Waals surface area contributed by atoms with Gasteiger partial charge in [-0.25, -0.2) is 0 Å². The molecule has 0 N–H and O–H groups in total. The number of hydrogen-bond donors (Lipinski definition) is 0. The zero-order valence-electron chi connectivity index (χ0n) is 10.4. The normalized spacial score (nSPS) is 19.3. The summed E-state index contributed by atoms with van der Waals surface area (Å²) in [5.41, 5.74) is 0. The molecule has 4 heteroatoms. The minimum absolute atomic E-state index is 0.00213. The standard InChI is InChI=1S/C9H16N2O2.C2H6/c1-7(12)11-6-4-5-8(11)9(13)10(2)3;1-2/h8H,4-6H2,1-3H3;1-2H3. The van der Waals surface area contributed by atoms with Crippen molar-refractivity contribution in [3.05, 3.63) is 0 Å². The van der Waals surface area contributed by atoms with Crippen molar-refractivity contribution in [1.29, 1.82) is 0 Å². The lowest BCUT2D eigenvalue weighted by atomic mass is 10.2. The van der Waals surface area contributed by atoms with Crippen molar-refractivity contribution in [2.45, 2.75) is 39.7 Å². The maximum Gasteiger partial charge on any atom is 0.244 e. The monoisotopic (exact) mass is 214 g/mol. The van der Waals surface area contributed by atoms with Crippen LogP contribution < -0.4 is 0 Å². The summed E-state index contributed by atoms with van der Waals surface area (Å²) in [6.07, 6.45) is 1.74. The van der Waals surface area contributed by atoms with Crippen LogP contribution in [0.5, 0.6) is 0 Å². The lowest BCUT2D eigenvalue weighted by Crippen LogP contribution is -2.44. The average Bonchev–Trinajstić information content (AvgIpc) is 2.68. The van der Waals surface area contributed by atoms with Crippen LogP contribution in [0.3, 0.4) is 0 Å². The van der Waals surface area contributed by atoms with E-state index >= 15 is 0 Å². The molecule has 1 rings (SSSR count). The summed E-state index contributed by atoms with van der Waals surface area (Å²) < 4.78 is 0. The smallest absolute Gasteiger partial charge is 0.244 e. The zero-order valence-corrected chi connectivity index (χ0v) is 10.4. The van der Waals surface area contributed by atoms with Crippen molar-refractivity contribution in [1.82, 2.24) is 9.80 Å². The lowest BCUT2D eigenvalue weighted by molar-refractivity contribution is -0.141. The number of likely N-dealkylation sites (N-methyl/N-ethyl adjacent to an activating group) is 1. The van der Waals surface area contributed by atoms with Gasteiger partial charge < -0.3 is 9.80 Å². The Morgan fingerprint density at radius 1 is 1.27 bits per heavy atom. The molecule has 1 unspecified atom stereocenters. The summed E-state index contributed by atoms with van der Waals surface area (Å²) in [5, 5.41) is 0. The number of hydrogen-bond acceptors (Lipinski definition) is 2. The Morgan fingerprint density at radius 3 is 2.20 bits per heavy atom. The minimum Gasteiger partial charge on any atom is -0.347 e. The third kappa shape index (κ3) is 3.53. The molecule has 1 fully saturated rings. The maximum absolute atomic E-state index is 11.6. The van der Waals surface area contributed by atoms with Crippen LogP contribution in [0.1, 0.15) is 33.6 Å². The summed E-state index contributed by atoms with van der Waals surface area (Å²) in [5.74, 6) is 0.0328. The quantitative estimate of drug-likeness (QED) is 0.656. The van der Waals surface area contributed by atoms with E-state index in [1.807, 2.05) is 13.8 Å². The van der Waals surface area contributed by atoms with E-state index in [9.17, 15) is 9.59 Å². The van der Waals surface area contributed by atoms with Gasteiger partial charge in [-0.05, 0) is 12.8 Å². The van der Waals surface area contributed by atoms with Crippen LogP contribution >= 0.6 is 0 Å². The van der Waals surface area contributed by atoms with E-state index in [1.165, 1.54) is 6.92 Å². The molecule has 0 aromatic carbocycles. The molecule has 1 aliphatic heterocycles. The van der Waals surface area contributed by atoms with Crippen LogP contribution in [0.2, 0.25) is 0 Å². The van der Waals surface area contributed by atoms with Crippen LogP contribution in [-0.4, -0.2) is 48.3 Å². The summed E-state index contributed by atoms with van der Waals surface area (Å²) in [4.78, 5) is 25.9. The lowest BCUT2D eigenvalue weighted by Gasteiger charge is -2.24. The highest BCUT2D eigenvalue weighted by atomic mass is 16.2. The minimum atomic E-state index is -0.215. The van der Waals surface area contributed by atoms with E-state index < -0.39 is 0 Å². The Morgan fingerprint density at radius 2 is 1.80 bits per heavy atom. The first-order valence-electron chi connectivity index (χ1n) is 5.52. The highest BCUT2D eigenvalue weighted by Crippen LogP contribution is 2.18. The molecule has 1 saturated heterocycles. The fourth-order valence-electron chi connectivity index (χ4n) is 1.70. The first-order valence-corrected chi connectivity index (χ1v) is 5.52. The Bertz CT molecular complexity index is 227. The molecular formula is C11H22N2O2. The van der Waals surface area contributed by atoms with Gasteiger partial charge in [-0.15, -0.1) is 0 Å². The van der Waals surface area contributed by atoms with Gasteiger partial charge in [0, 0.05) is 27.6 Å². The van der Waals surface area contributed by atoms with Crippen molar-refractivity contribution in [2.24, 2.45) is 0 Å². The molecule has 88 valence electrons. The molecule has 1 heterocycles. The summed E-state index contributed by atoms with van der Waals surface area (Å²) >= 11 is 0. The Hall–Kier alpha value is -1.06. The van der Waals surface area contributed by atoms with Crippen LogP contribution in [0, 0.1) is 0 Å². The predicted octanol–water partition coefficient (Wildman–Crippen LogP) is 1.11. The molecule has 0 aromatic rings. The van der Waals surface area contributed by atoms with Gasteiger partial charge in [0.05, 0.1) is 0 Å². The topological polar surface area (TPSA) is 40.6 Å². The molecule has 1 atom stereocenters. The highest BCUT2D eigenvalue weighted by molar-refractivity contribution is 5.87. The number of carbonyl (C=O) groups excluding carboxylic acids is 2. The van der Waals surface area contributed by atoms with Crippen LogP contribution in [0.4, 0.5) is 0 Å². The van der Waals surface area contributed by atoms with E-state index in [2.05, 4.69) is 0 Å². The van der Waals surface area contributed by atoms with Crippen molar-refractivity contribution >= 4 is 11.8 Å². The van der Waals surface area contributed by atoms with Gasteiger partial charge in [-0.3, -0.25) is 9.59 Å². The third-order valence-corrected chi connectivity index (χ3v) is 2.38. The number of amides is 2. The second kappa shape index (κ2) is 6.43. The van der Waals surface area contributed by atoms with Crippen molar-refractivity contribution in [3.8, 4) is 0 Å². The first kappa shape index (κ1) is 13.9. The number of rotatable bonds is 1. The number of nitrogens with zero attached hydrogens (tertiary/aromatic N) is 2. The molecule has 15 heavy (non-hydrogen) atoms. The zero-order chi connectivity index (χ0) is 12.0. The predicted molar refractivity (Wildman–Crippen MR) is 60.5 cm³/mol. The van der Waals surface area contributed by atoms with Crippen LogP contribution in [0.25, 0.3) is 0 Å². The molecule has 0 aromatic heterocycles. The Balaban J connectivity index is 0.000000921. The first-order chi connectivity index (χ1) is 7.04. The number of carbonyl (C=O) groups is 2. The van der Waals surface area contributed by atoms with Gasteiger partial charge in [-0.1, -0.05) is 13.8 Å². The highest BCUT2D eigenvalue weighted by Gasteiger charge is 2.32. The average molecular weight is 214 g/mol. The van der Waals surface area contributed by atoms with Crippen molar-refractivity contribution in [3.63, 3.8) is 0 Å². The SMILES string of the molecule is CC.CC(=O)N1CCCC1C(=O)N(C)C. The van der Waals surface area contributed by atoms with Crippen LogP contribution in [0.15, 0.2) is 0 Å². The third-order valence-electron chi connectivity index (χ3n) is 2.38. The molecule has 0 bridgehead atoms. The fraction of sp³-hybridized carbons (Fsp3) is 0.818. The van der Waals surface area contributed by atoms with Gasteiger partial charge in [-0.2, -0.15) is 0 Å². The maximum atomic E-state index is 11.6. The Kier molecular flexibility index (Phi) is 5.97. The molecule has 1 aliphatic rings. The molecule has 0 saturated carbocycles. The van der Waals surface area contributed by atoms with Gasteiger partial charge in [0.25, 0.3) is 0 Å².